The van der Waals surface area contributed by atoms with E-state index < -0.39 is 0 Å². The average Bonchev–Trinajstić information content (AvgIpc) is 2.14. The zero-order valence-electron chi connectivity index (χ0n) is 3.72. The minimum atomic E-state index is 0.0347. The van der Waals surface area contributed by atoms with Crippen molar-refractivity contribution in [2.45, 2.75) is 6.61 Å². The Labute approximate surface area is 41.4 Å². The van der Waals surface area contributed by atoms with Crippen LogP contribution in [0, 0.1) is 6.26 Å². The van der Waals surface area contributed by atoms with Crippen molar-refractivity contribution in [3.8, 4) is 0 Å². The van der Waals surface area contributed by atoms with Gasteiger partial charge in [-0.1, -0.05) is 0 Å². The van der Waals surface area contributed by atoms with E-state index in [9.17, 15) is 0 Å². The Morgan fingerprint density at radius 3 is 3.00 bits per heavy atom. The Hall–Kier alpha value is -0.760. The van der Waals surface area contributed by atoms with Gasteiger partial charge in [-0.15, -0.1) is 0 Å². The predicted octanol–water partition coefficient (Wildman–Crippen LogP) is 0.572. The van der Waals surface area contributed by atoms with Crippen LogP contribution >= 0.6 is 0 Å². The van der Waals surface area contributed by atoms with Crippen LogP contribution in [0.5, 0.6) is 0 Å². The van der Waals surface area contributed by atoms with Gasteiger partial charge in [0, 0.05) is 5.56 Å². The third-order valence-electron chi connectivity index (χ3n) is 0.705. The van der Waals surface area contributed by atoms with Crippen LogP contribution in [0.1, 0.15) is 5.56 Å². The summed E-state index contributed by atoms with van der Waals surface area (Å²) in [6.45, 7) is 0.0347. The smallest absolute Gasteiger partial charge is 0.169 e. The molecule has 0 saturated heterocycles. The Morgan fingerprint density at radius 2 is 2.71 bits per heavy atom. The molecule has 0 bridgehead atoms. The lowest BCUT2D eigenvalue weighted by Gasteiger charge is -1.76. The summed E-state index contributed by atoms with van der Waals surface area (Å²) >= 11 is 0. The molecular formula is C5H5O2. The van der Waals surface area contributed by atoms with Crippen LogP contribution in [0.3, 0.4) is 0 Å². The SMILES string of the molecule is OCc1c[c]oc1. The van der Waals surface area contributed by atoms with Gasteiger partial charge in [0.15, 0.2) is 6.26 Å². The maximum Gasteiger partial charge on any atom is 0.169 e. The highest BCUT2D eigenvalue weighted by atomic mass is 16.3. The van der Waals surface area contributed by atoms with E-state index in [1.54, 1.807) is 6.07 Å². The molecule has 1 aromatic rings. The Bertz CT molecular complexity index is 121. The minimum Gasteiger partial charge on any atom is -0.461 e. The van der Waals surface area contributed by atoms with E-state index >= 15 is 0 Å². The number of aliphatic hydroxyl groups is 1. The molecule has 0 spiro atoms. The molecule has 0 aliphatic carbocycles. The lowest BCUT2D eigenvalue weighted by molar-refractivity contribution is 0.280. The van der Waals surface area contributed by atoms with Crippen LogP contribution in [0.25, 0.3) is 0 Å². The van der Waals surface area contributed by atoms with E-state index in [0.29, 0.717) is 0 Å². The van der Waals surface area contributed by atoms with Crippen LogP contribution in [-0.4, -0.2) is 5.11 Å². The first-order chi connectivity index (χ1) is 3.43. The Kier molecular flexibility index (Phi) is 1.13. The van der Waals surface area contributed by atoms with Crippen molar-refractivity contribution < 1.29 is 9.52 Å². The van der Waals surface area contributed by atoms with Gasteiger partial charge in [0.1, 0.15) is 0 Å². The number of hydrogen-bond donors (Lipinski definition) is 1. The first-order valence-electron chi connectivity index (χ1n) is 1.98. The number of hydrogen-bond acceptors (Lipinski definition) is 2. The largest absolute Gasteiger partial charge is 0.461 e. The molecule has 2 heteroatoms. The lowest BCUT2D eigenvalue weighted by atomic mass is 10.4. The average molecular weight is 97.1 g/mol. The molecule has 1 radical (unpaired) electrons. The molecule has 1 rings (SSSR count). The van der Waals surface area contributed by atoms with Gasteiger partial charge in [0.05, 0.1) is 12.9 Å². The fraction of sp³-hybridized carbons (Fsp3) is 0.200. The zero-order valence-corrected chi connectivity index (χ0v) is 3.72. The van der Waals surface area contributed by atoms with Gasteiger partial charge in [-0.3, -0.25) is 0 Å². The molecule has 0 aliphatic rings. The molecule has 0 atom stereocenters. The first-order valence-corrected chi connectivity index (χ1v) is 1.98. The van der Waals surface area contributed by atoms with Crippen LogP contribution in [0.15, 0.2) is 16.7 Å². The van der Waals surface area contributed by atoms with E-state index in [-0.39, 0.29) is 6.61 Å². The Balaban J connectivity index is 2.76. The van der Waals surface area contributed by atoms with Crippen LogP contribution in [-0.2, 0) is 6.61 Å². The maximum absolute atomic E-state index is 8.35. The van der Waals surface area contributed by atoms with E-state index in [0.717, 1.165) is 5.56 Å². The molecule has 2 nitrogen and oxygen atoms in total. The maximum atomic E-state index is 8.35. The number of furan rings is 1. The number of rotatable bonds is 1. The lowest BCUT2D eigenvalue weighted by Crippen LogP contribution is -1.72. The summed E-state index contributed by atoms with van der Waals surface area (Å²) in [4.78, 5) is 0. The third kappa shape index (κ3) is 0.810. The predicted molar refractivity (Wildman–Crippen MR) is 23.5 cm³/mol. The fourth-order valence-electron chi connectivity index (χ4n) is 0.336. The van der Waals surface area contributed by atoms with Crippen LogP contribution in [0.4, 0.5) is 0 Å². The van der Waals surface area contributed by atoms with E-state index in [2.05, 4.69) is 10.7 Å². The van der Waals surface area contributed by atoms with Gasteiger partial charge in [0.2, 0.25) is 0 Å². The quantitative estimate of drug-likeness (QED) is 0.555. The summed E-state index contributed by atoms with van der Waals surface area (Å²) in [5, 5.41) is 8.35. The minimum absolute atomic E-state index is 0.0347. The second-order valence-electron chi connectivity index (χ2n) is 1.23. The molecule has 0 amide bonds. The van der Waals surface area contributed by atoms with Crippen molar-refractivity contribution in [1.29, 1.82) is 0 Å². The van der Waals surface area contributed by atoms with Gasteiger partial charge >= 0.3 is 0 Å². The highest BCUT2D eigenvalue weighted by molar-refractivity contribution is 5.01. The standard InChI is InChI=1S/C5H5O2/c6-3-5-1-2-7-4-5/h1,4,6H,3H2. The summed E-state index contributed by atoms with van der Waals surface area (Å²) in [5.41, 5.74) is 0.764. The summed E-state index contributed by atoms with van der Waals surface area (Å²) in [6.07, 6.45) is 3.90. The summed E-state index contributed by atoms with van der Waals surface area (Å²) < 4.78 is 4.52. The van der Waals surface area contributed by atoms with Crippen LogP contribution in [0.2, 0.25) is 0 Å². The normalized spacial score (nSPS) is 9.29. The highest BCUT2D eigenvalue weighted by Gasteiger charge is 1.86. The molecule has 0 saturated carbocycles. The monoisotopic (exact) mass is 97.0 g/mol. The van der Waals surface area contributed by atoms with E-state index in [4.69, 9.17) is 5.11 Å². The van der Waals surface area contributed by atoms with E-state index in [1.807, 2.05) is 0 Å². The first kappa shape index (κ1) is 4.40. The summed E-state index contributed by atoms with van der Waals surface area (Å²) in [6, 6.07) is 1.60. The number of aliphatic hydroxyl groups excluding tert-OH is 1. The third-order valence-corrected chi connectivity index (χ3v) is 0.705. The molecule has 0 unspecified atom stereocenters. The van der Waals surface area contributed by atoms with Gasteiger partial charge in [-0.2, -0.15) is 0 Å². The zero-order chi connectivity index (χ0) is 5.11. The van der Waals surface area contributed by atoms with Gasteiger partial charge in [0.25, 0.3) is 0 Å². The van der Waals surface area contributed by atoms with Crippen molar-refractivity contribution in [3.63, 3.8) is 0 Å². The molecular weight excluding hydrogens is 92.1 g/mol. The molecule has 1 N–H and O–H groups in total. The molecule has 7 heavy (non-hydrogen) atoms. The molecule has 0 fully saturated rings. The van der Waals surface area contributed by atoms with Gasteiger partial charge < -0.3 is 9.52 Å². The second-order valence-corrected chi connectivity index (χ2v) is 1.23. The topological polar surface area (TPSA) is 33.4 Å². The molecule has 1 heterocycles. The van der Waals surface area contributed by atoms with Crippen molar-refractivity contribution in [3.05, 3.63) is 24.2 Å². The van der Waals surface area contributed by atoms with Gasteiger partial charge in [-0.25, -0.2) is 0 Å². The van der Waals surface area contributed by atoms with E-state index in [1.165, 1.54) is 6.26 Å². The Morgan fingerprint density at radius 1 is 1.86 bits per heavy atom. The van der Waals surface area contributed by atoms with Crippen molar-refractivity contribution >= 4 is 0 Å². The second kappa shape index (κ2) is 1.80. The fourth-order valence-corrected chi connectivity index (χ4v) is 0.336. The van der Waals surface area contributed by atoms with Crippen LogP contribution < -0.4 is 0 Å². The molecule has 37 valence electrons. The van der Waals surface area contributed by atoms with Crippen molar-refractivity contribution in [2.24, 2.45) is 0 Å². The summed E-state index contributed by atoms with van der Waals surface area (Å²) in [5.74, 6) is 0. The molecule has 0 aliphatic heterocycles. The van der Waals surface area contributed by atoms with Crippen molar-refractivity contribution in [2.75, 3.05) is 0 Å². The van der Waals surface area contributed by atoms with Crippen molar-refractivity contribution in [1.82, 2.24) is 0 Å². The summed E-state index contributed by atoms with van der Waals surface area (Å²) in [7, 11) is 0. The molecule has 1 aromatic heterocycles. The molecule has 0 aromatic carbocycles. The highest BCUT2D eigenvalue weighted by Crippen LogP contribution is 1.95. The van der Waals surface area contributed by atoms with Gasteiger partial charge in [-0.05, 0) is 6.07 Å².